The van der Waals surface area contributed by atoms with Crippen molar-refractivity contribution in [3.63, 3.8) is 0 Å². The predicted octanol–water partition coefficient (Wildman–Crippen LogP) is 2.93. The molecule has 0 aliphatic heterocycles. The first-order valence-corrected chi connectivity index (χ1v) is 11.1. The summed E-state index contributed by atoms with van der Waals surface area (Å²) in [5, 5.41) is 8.90. The van der Waals surface area contributed by atoms with E-state index in [2.05, 4.69) is 10.2 Å². The summed E-state index contributed by atoms with van der Waals surface area (Å²) in [6, 6.07) is 12.8. The SMILES string of the molecule is CCN(CC)S(=O)(=O)c1ccc2nnc(SCCOc3ccccc3)n2c1. The molecule has 0 radical (unpaired) electrons. The Kier molecular flexibility index (Phi) is 6.35. The molecule has 0 saturated carbocycles. The maximum atomic E-state index is 12.7. The molecule has 0 saturated heterocycles. The number of fused-ring (bicyclic) bond motifs is 1. The molecule has 9 heteroatoms. The highest BCUT2D eigenvalue weighted by Gasteiger charge is 2.22. The minimum atomic E-state index is -3.53. The van der Waals surface area contributed by atoms with Crippen molar-refractivity contribution in [2.45, 2.75) is 23.9 Å². The van der Waals surface area contributed by atoms with Crippen LogP contribution in [0.15, 0.2) is 58.7 Å². The van der Waals surface area contributed by atoms with E-state index in [9.17, 15) is 8.42 Å². The molecule has 2 aromatic heterocycles. The molecule has 0 aliphatic carbocycles. The van der Waals surface area contributed by atoms with Crippen LogP contribution < -0.4 is 4.74 Å². The van der Waals surface area contributed by atoms with Gasteiger partial charge in [0.1, 0.15) is 5.75 Å². The summed E-state index contributed by atoms with van der Waals surface area (Å²) in [6.45, 7) is 5.02. The van der Waals surface area contributed by atoms with Gasteiger partial charge < -0.3 is 4.74 Å². The van der Waals surface area contributed by atoms with Gasteiger partial charge in [-0.25, -0.2) is 8.42 Å². The van der Waals surface area contributed by atoms with Crippen molar-refractivity contribution in [2.75, 3.05) is 25.4 Å². The average molecular weight is 407 g/mol. The van der Waals surface area contributed by atoms with Gasteiger partial charge in [-0.3, -0.25) is 4.40 Å². The fraction of sp³-hybridized carbons (Fsp3) is 0.333. The number of hydrogen-bond donors (Lipinski definition) is 0. The molecule has 0 N–H and O–H groups in total. The second kappa shape index (κ2) is 8.73. The highest BCUT2D eigenvalue weighted by molar-refractivity contribution is 7.99. The van der Waals surface area contributed by atoms with Gasteiger partial charge in [-0.1, -0.05) is 43.8 Å². The molecule has 0 aliphatic rings. The number of aromatic nitrogens is 3. The molecule has 0 bridgehead atoms. The van der Waals surface area contributed by atoms with Gasteiger partial charge >= 0.3 is 0 Å². The molecule has 0 amide bonds. The number of thioether (sulfide) groups is 1. The van der Waals surface area contributed by atoms with Crippen molar-refractivity contribution >= 4 is 27.4 Å². The van der Waals surface area contributed by atoms with Gasteiger partial charge in [0.25, 0.3) is 0 Å². The van der Waals surface area contributed by atoms with Crippen molar-refractivity contribution < 1.29 is 13.2 Å². The first-order valence-electron chi connectivity index (χ1n) is 8.71. The zero-order valence-corrected chi connectivity index (χ0v) is 16.9. The van der Waals surface area contributed by atoms with Crippen LogP contribution in [-0.2, 0) is 10.0 Å². The number of rotatable bonds is 9. The Morgan fingerprint density at radius 2 is 1.81 bits per heavy atom. The third-order valence-electron chi connectivity index (χ3n) is 4.01. The van der Waals surface area contributed by atoms with Crippen LogP contribution >= 0.6 is 11.8 Å². The number of nitrogens with zero attached hydrogens (tertiary/aromatic N) is 4. The summed E-state index contributed by atoms with van der Waals surface area (Å²) in [4.78, 5) is 0.237. The molecule has 144 valence electrons. The number of benzene rings is 1. The summed E-state index contributed by atoms with van der Waals surface area (Å²) in [7, 11) is -3.53. The van der Waals surface area contributed by atoms with Gasteiger partial charge in [-0.2, -0.15) is 4.31 Å². The molecule has 0 spiro atoms. The quantitative estimate of drug-likeness (QED) is 0.402. The minimum absolute atomic E-state index is 0.237. The van der Waals surface area contributed by atoms with E-state index in [-0.39, 0.29) is 4.90 Å². The number of para-hydroxylation sites is 1. The monoisotopic (exact) mass is 406 g/mol. The fourth-order valence-electron chi connectivity index (χ4n) is 2.62. The summed E-state index contributed by atoms with van der Waals surface area (Å²) in [6.07, 6.45) is 1.59. The second-order valence-electron chi connectivity index (χ2n) is 5.67. The van der Waals surface area contributed by atoms with Crippen LogP contribution in [0, 0.1) is 0 Å². The molecule has 1 aromatic carbocycles. The third kappa shape index (κ3) is 4.42. The van der Waals surface area contributed by atoms with Crippen LogP contribution in [0.4, 0.5) is 0 Å². The Morgan fingerprint density at radius 3 is 2.52 bits per heavy atom. The third-order valence-corrected chi connectivity index (χ3v) is 6.95. The highest BCUT2D eigenvalue weighted by atomic mass is 32.2. The maximum Gasteiger partial charge on any atom is 0.244 e. The smallest absolute Gasteiger partial charge is 0.244 e. The lowest BCUT2D eigenvalue weighted by Gasteiger charge is -2.18. The largest absolute Gasteiger partial charge is 0.493 e. The number of ether oxygens (including phenoxy) is 1. The van der Waals surface area contributed by atoms with E-state index < -0.39 is 10.0 Å². The first-order chi connectivity index (χ1) is 13.1. The number of sulfonamides is 1. The highest BCUT2D eigenvalue weighted by Crippen LogP contribution is 2.21. The van der Waals surface area contributed by atoms with Crippen molar-refractivity contribution in [3.8, 4) is 5.75 Å². The van der Waals surface area contributed by atoms with Crippen molar-refractivity contribution in [2.24, 2.45) is 0 Å². The number of hydrogen-bond acceptors (Lipinski definition) is 6. The zero-order chi connectivity index (χ0) is 19.3. The first kappa shape index (κ1) is 19.7. The van der Waals surface area contributed by atoms with Crippen LogP contribution in [0.25, 0.3) is 5.65 Å². The van der Waals surface area contributed by atoms with E-state index >= 15 is 0 Å². The average Bonchev–Trinajstić information content (AvgIpc) is 3.09. The molecule has 3 aromatic rings. The summed E-state index contributed by atoms with van der Waals surface area (Å²) in [5.74, 6) is 1.49. The maximum absolute atomic E-state index is 12.7. The van der Waals surface area contributed by atoms with Crippen molar-refractivity contribution in [3.05, 3.63) is 48.7 Å². The topological polar surface area (TPSA) is 76.8 Å². The molecule has 3 rings (SSSR count). The lowest BCUT2D eigenvalue weighted by atomic mass is 10.3. The molecular formula is C18H22N4O3S2. The van der Waals surface area contributed by atoms with Crippen molar-refractivity contribution in [1.29, 1.82) is 0 Å². The van der Waals surface area contributed by atoms with Crippen LogP contribution in [0.2, 0.25) is 0 Å². The van der Waals surface area contributed by atoms with Gasteiger partial charge in [0.15, 0.2) is 10.8 Å². The lowest BCUT2D eigenvalue weighted by Crippen LogP contribution is -2.30. The standard InChI is InChI=1S/C18H22N4O3S2/c1-3-21(4-2)27(23,24)16-10-11-17-19-20-18(22(17)14-16)26-13-12-25-15-8-6-5-7-9-15/h5-11,14H,3-4,12-13H2,1-2H3. The normalized spacial score (nSPS) is 12.0. The Labute approximate surface area is 163 Å². The van der Waals surface area contributed by atoms with Gasteiger partial charge in [-0.15, -0.1) is 10.2 Å². The summed E-state index contributed by atoms with van der Waals surface area (Å²) >= 11 is 1.47. The van der Waals surface area contributed by atoms with E-state index in [1.54, 1.807) is 22.7 Å². The van der Waals surface area contributed by atoms with Gasteiger partial charge in [-0.05, 0) is 24.3 Å². The Balaban J connectivity index is 1.73. The van der Waals surface area contributed by atoms with E-state index in [0.29, 0.717) is 36.3 Å². The predicted molar refractivity (Wildman–Crippen MR) is 106 cm³/mol. The molecule has 27 heavy (non-hydrogen) atoms. The van der Waals surface area contributed by atoms with Gasteiger partial charge in [0.2, 0.25) is 10.0 Å². The second-order valence-corrected chi connectivity index (χ2v) is 8.67. The minimum Gasteiger partial charge on any atom is -0.493 e. The number of pyridine rings is 1. The summed E-state index contributed by atoms with van der Waals surface area (Å²) < 4.78 is 34.3. The Hall–Kier alpha value is -2.10. The van der Waals surface area contributed by atoms with Gasteiger partial charge in [0.05, 0.1) is 11.5 Å². The van der Waals surface area contributed by atoms with E-state index in [0.717, 1.165) is 5.75 Å². The van der Waals surface area contributed by atoms with Crippen LogP contribution in [-0.4, -0.2) is 52.8 Å². The van der Waals surface area contributed by atoms with Crippen LogP contribution in [0.1, 0.15) is 13.8 Å². The summed E-state index contributed by atoms with van der Waals surface area (Å²) in [5.41, 5.74) is 0.611. The molecule has 0 unspecified atom stereocenters. The molecule has 0 fully saturated rings. The van der Waals surface area contributed by atoms with Crippen LogP contribution in [0.3, 0.4) is 0 Å². The molecule has 7 nitrogen and oxygen atoms in total. The van der Waals surface area contributed by atoms with Crippen molar-refractivity contribution in [1.82, 2.24) is 18.9 Å². The lowest BCUT2D eigenvalue weighted by molar-refractivity contribution is 0.344. The Bertz CT molecular complexity index is 986. The van der Waals surface area contributed by atoms with E-state index in [1.807, 2.05) is 44.2 Å². The zero-order valence-electron chi connectivity index (χ0n) is 15.3. The molecular weight excluding hydrogens is 384 g/mol. The van der Waals surface area contributed by atoms with E-state index in [4.69, 9.17) is 4.74 Å². The Morgan fingerprint density at radius 1 is 1.07 bits per heavy atom. The molecule has 0 atom stereocenters. The fourth-order valence-corrected chi connectivity index (χ4v) is 4.81. The molecule has 2 heterocycles. The van der Waals surface area contributed by atoms with Crippen LogP contribution in [0.5, 0.6) is 5.75 Å². The van der Waals surface area contributed by atoms with Gasteiger partial charge in [0, 0.05) is 25.0 Å². The van der Waals surface area contributed by atoms with E-state index in [1.165, 1.54) is 16.1 Å².